The van der Waals surface area contributed by atoms with Crippen LogP contribution < -0.4 is 0 Å². The van der Waals surface area contributed by atoms with Gasteiger partial charge in [0.15, 0.2) is 0 Å². The molecule has 0 heterocycles. The lowest BCUT2D eigenvalue weighted by atomic mass is 9.96. The predicted octanol–water partition coefficient (Wildman–Crippen LogP) is 4.38. The Morgan fingerprint density at radius 3 is 2.64 bits per heavy atom. The first kappa shape index (κ1) is 9.51. The molecule has 1 atom stereocenters. The Hall–Kier alpha value is -1.04. The number of rotatable bonds is 3. The smallest absolute Gasteiger partial charge is 0.00299 e. The van der Waals surface area contributed by atoms with Crippen LogP contribution in [0.3, 0.4) is 0 Å². The zero-order chi connectivity index (χ0) is 9.97. The molecule has 0 aromatic heterocycles. The minimum Gasteiger partial charge on any atom is -0.0732 e. The fourth-order valence-electron chi connectivity index (χ4n) is 2.39. The molecule has 74 valence electrons. The average Bonchev–Trinajstić information content (AvgIpc) is 2.58. The summed E-state index contributed by atoms with van der Waals surface area (Å²) < 4.78 is 0. The Labute approximate surface area is 86.7 Å². The highest BCUT2D eigenvalue weighted by molar-refractivity contribution is 5.74. The van der Waals surface area contributed by atoms with Gasteiger partial charge >= 0.3 is 0 Å². The first-order chi connectivity index (χ1) is 6.86. The number of hydrogen-bond donors (Lipinski definition) is 0. The van der Waals surface area contributed by atoms with Gasteiger partial charge < -0.3 is 0 Å². The van der Waals surface area contributed by atoms with Crippen molar-refractivity contribution < 1.29 is 0 Å². The molecule has 0 saturated carbocycles. The molecule has 0 bridgehead atoms. The van der Waals surface area contributed by atoms with E-state index >= 15 is 0 Å². The normalized spacial score (nSPS) is 19.3. The Bertz CT molecular complexity index is 347. The highest BCUT2D eigenvalue weighted by Gasteiger charge is 2.20. The van der Waals surface area contributed by atoms with Crippen LogP contribution in [0.5, 0.6) is 0 Å². The molecular weight excluding hydrogens is 168 g/mol. The molecule has 1 aliphatic carbocycles. The standard InChI is InChI=1S/C14H18/c1-3-7-12-10-11(4-2)13-8-5-6-9-14(12)13/h5-6,8-10,12H,3-4,7H2,1-2H3. The second-order valence-electron chi connectivity index (χ2n) is 4.03. The summed E-state index contributed by atoms with van der Waals surface area (Å²) in [5.74, 6) is 0.686. The maximum Gasteiger partial charge on any atom is 0.00299 e. The SMILES string of the molecule is CCCC1C=C(CC)c2ccccc21. The van der Waals surface area contributed by atoms with Gasteiger partial charge in [0.25, 0.3) is 0 Å². The summed E-state index contributed by atoms with van der Waals surface area (Å²) >= 11 is 0. The number of benzene rings is 1. The Morgan fingerprint density at radius 2 is 1.93 bits per heavy atom. The molecule has 0 nitrogen and oxygen atoms in total. The maximum absolute atomic E-state index is 2.47. The first-order valence-corrected chi connectivity index (χ1v) is 5.66. The number of allylic oxidation sites excluding steroid dienone is 2. The van der Waals surface area contributed by atoms with Gasteiger partial charge in [0.2, 0.25) is 0 Å². The minimum absolute atomic E-state index is 0.686. The molecule has 0 amide bonds. The van der Waals surface area contributed by atoms with Crippen molar-refractivity contribution in [2.45, 2.75) is 39.0 Å². The molecule has 0 aliphatic heterocycles. The fraction of sp³-hybridized carbons (Fsp3) is 0.429. The van der Waals surface area contributed by atoms with Crippen molar-refractivity contribution in [2.75, 3.05) is 0 Å². The van der Waals surface area contributed by atoms with E-state index in [1.54, 1.807) is 11.1 Å². The third kappa shape index (κ3) is 1.50. The fourth-order valence-corrected chi connectivity index (χ4v) is 2.39. The van der Waals surface area contributed by atoms with E-state index in [9.17, 15) is 0 Å². The molecule has 1 unspecified atom stereocenters. The second kappa shape index (κ2) is 4.00. The van der Waals surface area contributed by atoms with E-state index < -0.39 is 0 Å². The monoisotopic (exact) mass is 186 g/mol. The Morgan fingerprint density at radius 1 is 1.14 bits per heavy atom. The number of fused-ring (bicyclic) bond motifs is 1. The van der Waals surface area contributed by atoms with E-state index in [1.165, 1.54) is 18.4 Å². The molecule has 0 saturated heterocycles. The summed E-state index contributed by atoms with van der Waals surface area (Å²) in [6.45, 7) is 4.51. The highest BCUT2D eigenvalue weighted by Crippen LogP contribution is 2.39. The molecule has 0 N–H and O–H groups in total. The topological polar surface area (TPSA) is 0 Å². The van der Waals surface area contributed by atoms with Crippen molar-refractivity contribution >= 4 is 5.57 Å². The van der Waals surface area contributed by atoms with E-state index in [0.29, 0.717) is 5.92 Å². The van der Waals surface area contributed by atoms with Crippen LogP contribution in [0.15, 0.2) is 30.3 Å². The van der Waals surface area contributed by atoms with Gasteiger partial charge in [-0.1, -0.05) is 50.6 Å². The molecule has 0 spiro atoms. The van der Waals surface area contributed by atoms with Gasteiger partial charge in [-0.2, -0.15) is 0 Å². The van der Waals surface area contributed by atoms with Crippen molar-refractivity contribution in [2.24, 2.45) is 0 Å². The Balaban J connectivity index is 2.37. The summed E-state index contributed by atoms with van der Waals surface area (Å²) in [5.41, 5.74) is 4.58. The lowest BCUT2D eigenvalue weighted by molar-refractivity contribution is 0.725. The van der Waals surface area contributed by atoms with Crippen LogP contribution in [0.2, 0.25) is 0 Å². The van der Waals surface area contributed by atoms with Gasteiger partial charge in [0.1, 0.15) is 0 Å². The zero-order valence-electron chi connectivity index (χ0n) is 9.09. The van der Waals surface area contributed by atoms with Crippen molar-refractivity contribution in [1.29, 1.82) is 0 Å². The van der Waals surface area contributed by atoms with Crippen molar-refractivity contribution in [3.8, 4) is 0 Å². The minimum atomic E-state index is 0.686. The van der Waals surface area contributed by atoms with Crippen molar-refractivity contribution in [1.82, 2.24) is 0 Å². The third-order valence-corrected chi connectivity index (χ3v) is 3.09. The number of hydrogen-bond acceptors (Lipinski definition) is 0. The molecule has 1 aliphatic rings. The lowest BCUT2D eigenvalue weighted by Crippen LogP contribution is -1.91. The van der Waals surface area contributed by atoms with E-state index in [4.69, 9.17) is 0 Å². The van der Waals surface area contributed by atoms with Gasteiger partial charge in [-0.3, -0.25) is 0 Å². The molecule has 1 aromatic carbocycles. The lowest BCUT2D eigenvalue weighted by Gasteiger charge is -2.08. The third-order valence-electron chi connectivity index (χ3n) is 3.09. The molecule has 14 heavy (non-hydrogen) atoms. The first-order valence-electron chi connectivity index (χ1n) is 5.66. The summed E-state index contributed by atoms with van der Waals surface area (Å²) in [4.78, 5) is 0. The average molecular weight is 186 g/mol. The molecule has 0 radical (unpaired) electrons. The summed E-state index contributed by atoms with van der Waals surface area (Å²) in [5, 5.41) is 0. The highest BCUT2D eigenvalue weighted by atomic mass is 14.2. The van der Waals surface area contributed by atoms with Gasteiger partial charge in [-0.05, 0) is 29.5 Å². The molecule has 0 heteroatoms. The van der Waals surface area contributed by atoms with Crippen LogP contribution in [0.1, 0.15) is 50.2 Å². The molecule has 2 rings (SSSR count). The second-order valence-corrected chi connectivity index (χ2v) is 4.03. The maximum atomic E-state index is 2.47. The van der Waals surface area contributed by atoms with Crippen molar-refractivity contribution in [3.63, 3.8) is 0 Å². The summed E-state index contributed by atoms with van der Waals surface area (Å²) in [6.07, 6.45) is 6.19. The van der Waals surface area contributed by atoms with E-state index in [2.05, 4.69) is 44.2 Å². The van der Waals surface area contributed by atoms with Crippen LogP contribution in [0, 0.1) is 0 Å². The Kier molecular flexibility index (Phi) is 2.72. The van der Waals surface area contributed by atoms with Crippen molar-refractivity contribution in [3.05, 3.63) is 41.5 Å². The van der Waals surface area contributed by atoms with Crippen LogP contribution in [-0.4, -0.2) is 0 Å². The summed E-state index contributed by atoms with van der Waals surface area (Å²) in [7, 11) is 0. The van der Waals surface area contributed by atoms with Gasteiger partial charge in [-0.15, -0.1) is 0 Å². The van der Waals surface area contributed by atoms with E-state index in [0.717, 1.165) is 6.42 Å². The molecule has 1 aromatic rings. The largest absolute Gasteiger partial charge is 0.0732 e. The summed E-state index contributed by atoms with van der Waals surface area (Å²) in [6, 6.07) is 8.86. The van der Waals surface area contributed by atoms with Crippen LogP contribution in [-0.2, 0) is 0 Å². The predicted molar refractivity (Wildman–Crippen MR) is 62.4 cm³/mol. The van der Waals surface area contributed by atoms with E-state index in [1.807, 2.05) is 0 Å². The van der Waals surface area contributed by atoms with Crippen LogP contribution in [0.25, 0.3) is 5.57 Å². The van der Waals surface area contributed by atoms with E-state index in [-0.39, 0.29) is 0 Å². The van der Waals surface area contributed by atoms with Gasteiger partial charge in [0.05, 0.1) is 0 Å². The van der Waals surface area contributed by atoms with Gasteiger partial charge in [-0.25, -0.2) is 0 Å². The van der Waals surface area contributed by atoms with Crippen LogP contribution in [0.4, 0.5) is 0 Å². The molecule has 0 fully saturated rings. The quantitative estimate of drug-likeness (QED) is 0.657. The van der Waals surface area contributed by atoms with Gasteiger partial charge in [0, 0.05) is 5.92 Å². The zero-order valence-corrected chi connectivity index (χ0v) is 9.09. The van der Waals surface area contributed by atoms with Crippen LogP contribution >= 0.6 is 0 Å². The molecular formula is C14H18.